The summed E-state index contributed by atoms with van der Waals surface area (Å²) in [5.74, 6) is -2.45. The molecule has 0 aliphatic carbocycles. The van der Waals surface area contributed by atoms with Crippen LogP contribution in [0.5, 0.6) is 0 Å². The maximum Gasteiger partial charge on any atom is 0.307 e. The van der Waals surface area contributed by atoms with Gasteiger partial charge in [-0.1, -0.05) is 18.2 Å². The highest BCUT2D eigenvalue weighted by Crippen LogP contribution is 2.32. The van der Waals surface area contributed by atoms with E-state index in [4.69, 9.17) is 5.11 Å². The number of carboxylic acid groups (broad SMARTS) is 1. The number of pyridine rings is 1. The second-order valence-corrected chi connectivity index (χ2v) is 5.39. The molecule has 0 amide bonds. The van der Waals surface area contributed by atoms with Gasteiger partial charge in [-0.3, -0.25) is 9.78 Å². The number of carboxylic acids is 1. The average Bonchev–Trinajstić information content (AvgIpc) is 2.52. The molecule has 4 nitrogen and oxygen atoms in total. The third-order valence-electron chi connectivity index (χ3n) is 3.72. The molecule has 6 heteroatoms. The molecule has 0 fully saturated rings. The molecule has 0 spiro atoms. The van der Waals surface area contributed by atoms with Crippen molar-refractivity contribution in [3.63, 3.8) is 0 Å². The van der Waals surface area contributed by atoms with E-state index in [1.807, 2.05) is 6.07 Å². The zero-order valence-electron chi connectivity index (χ0n) is 12.8. The minimum absolute atomic E-state index is 0.0683. The number of carbonyl (C=O) groups is 1. The van der Waals surface area contributed by atoms with E-state index in [0.29, 0.717) is 27.8 Å². The van der Waals surface area contributed by atoms with Crippen molar-refractivity contribution in [3.8, 4) is 0 Å². The number of para-hydroxylation sites is 1. The van der Waals surface area contributed by atoms with Crippen molar-refractivity contribution in [3.05, 3.63) is 65.4 Å². The van der Waals surface area contributed by atoms with Gasteiger partial charge in [0.25, 0.3) is 0 Å². The van der Waals surface area contributed by atoms with Crippen LogP contribution in [0.2, 0.25) is 0 Å². The monoisotopic (exact) mass is 328 g/mol. The second-order valence-electron chi connectivity index (χ2n) is 5.39. The summed E-state index contributed by atoms with van der Waals surface area (Å²) in [6.07, 6.45) is -0.255. The Morgan fingerprint density at radius 1 is 1.21 bits per heavy atom. The normalized spacial score (nSPS) is 10.8. The fourth-order valence-corrected chi connectivity index (χ4v) is 2.61. The van der Waals surface area contributed by atoms with E-state index in [1.165, 1.54) is 6.07 Å². The Balaban J connectivity index is 2.21. The molecule has 0 atom stereocenters. The summed E-state index contributed by atoms with van der Waals surface area (Å²) in [4.78, 5) is 15.6. The van der Waals surface area contributed by atoms with Crippen LogP contribution in [-0.2, 0) is 11.2 Å². The van der Waals surface area contributed by atoms with Crippen LogP contribution in [0.3, 0.4) is 0 Å². The number of anilines is 2. The van der Waals surface area contributed by atoms with E-state index in [1.54, 1.807) is 25.1 Å². The molecule has 1 aromatic heterocycles. The summed E-state index contributed by atoms with van der Waals surface area (Å²) in [7, 11) is 0. The van der Waals surface area contributed by atoms with Gasteiger partial charge in [0.1, 0.15) is 11.6 Å². The average molecular weight is 328 g/mol. The van der Waals surface area contributed by atoms with Crippen molar-refractivity contribution in [2.24, 2.45) is 0 Å². The summed E-state index contributed by atoms with van der Waals surface area (Å²) in [6, 6.07) is 10.4. The van der Waals surface area contributed by atoms with Gasteiger partial charge in [-0.15, -0.1) is 0 Å². The zero-order valence-corrected chi connectivity index (χ0v) is 12.8. The summed E-state index contributed by atoms with van der Waals surface area (Å²) < 4.78 is 27.1. The fourth-order valence-electron chi connectivity index (χ4n) is 2.61. The lowest BCUT2D eigenvalue weighted by Gasteiger charge is -2.16. The Morgan fingerprint density at radius 3 is 2.67 bits per heavy atom. The van der Waals surface area contributed by atoms with E-state index in [9.17, 15) is 13.6 Å². The van der Waals surface area contributed by atoms with E-state index >= 15 is 0 Å². The number of hydrogen-bond donors (Lipinski definition) is 2. The molecule has 1 heterocycles. The maximum absolute atomic E-state index is 14.0. The van der Waals surface area contributed by atoms with Crippen LogP contribution in [0.25, 0.3) is 10.9 Å². The lowest BCUT2D eigenvalue weighted by atomic mass is 10.0. The highest BCUT2D eigenvalue weighted by Gasteiger charge is 2.16. The van der Waals surface area contributed by atoms with Gasteiger partial charge in [0.15, 0.2) is 0 Å². The van der Waals surface area contributed by atoms with Gasteiger partial charge in [0, 0.05) is 22.7 Å². The number of halogens is 2. The molecule has 2 aromatic carbocycles. The quantitative estimate of drug-likeness (QED) is 0.754. The summed E-state index contributed by atoms with van der Waals surface area (Å²) in [5.41, 5.74) is 2.20. The zero-order chi connectivity index (χ0) is 17.3. The summed E-state index contributed by atoms with van der Waals surface area (Å²) in [6.45, 7) is 1.71. The van der Waals surface area contributed by atoms with Crippen molar-refractivity contribution in [2.75, 3.05) is 5.32 Å². The van der Waals surface area contributed by atoms with Gasteiger partial charge < -0.3 is 10.4 Å². The second kappa shape index (κ2) is 6.23. The largest absolute Gasteiger partial charge is 0.481 e. The van der Waals surface area contributed by atoms with E-state index in [0.717, 1.165) is 12.1 Å². The molecule has 24 heavy (non-hydrogen) atoms. The number of hydrogen-bond acceptors (Lipinski definition) is 3. The molecule has 0 bridgehead atoms. The van der Waals surface area contributed by atoms with Gasteiger partial charge in [-0.05, 0) is 25.1 Å². The topological polar surface area (TPSA) is 62.2 Å². The van der Waals surface area contributed by atoms with Crippen molar-refractivity contribution in [1.29, 1.82) is 0 Å². The van der Waals surface area contributed by atoms with E-state index < -0.39 is 17.6 Å². The molecule has 0 radical (unpaired) electrons. The minimum atomic E-state index is -1.02. The molecule has 3 aromatic rings. The Hall–Kier alpha value is -3.02. The molecule has 0 saturated carbocycles. The molecule has 2 N–H and O–H groups in total. The summed E-state index contributed by atoms with van der Waals surface area (Å²) >= 11 is 0. The van der Waals surface area contributed by atoms with Gasteiger partial charge in [0.2, 0.25) is 0 Å². The third kappa shape index (κ3) is 3.03. The fraction of sp³-hybridized carbons (Fsp3) is 0.111. The highest BCUT2D eigenvalue weighted by molar-refractivity contribution is 5.96. The number of nitrogens with zero attached hydrogens (tertiary/aromatic N) is 1. The lowest BCUT2D eigenvalue weighted by Crippen LogP contribution is -2.08. The Labute approximate surface area is 136 Å². The van der Waals surface area contributed by atoms with Crippen LogP contribution < -0.4 is 5.32 Å². The number of aromatic nitrogens is 1. The lowest BCUT2D eigenvalue weighted by molar-refractivity contribution is -0.136. The smallest absolute Gasteiger partial charge is 0.307 e. The number of aliphatic carboxylic acids is 1. The van der Waals surface area contributed by atoms with Gasteiger partial charge in [-0.25, -0.2) is 8.78 Å². The predicted octanol–water partition coefficient (Wildman–Crippen LogP) is 4.19. The van der Waals surface area contributed by atoms with Crippen molar-refractivity contribution >= 4 is 28.2 Å². The van der Waals surface area contributed by atoms with Crippen LogP contribution in [0.4, 0.5) is 20.2 Å². The molecule has 0 unspecified atom stereocenters. The molecule has 0 saturated heterocycles. The predicted molar refractivity (Wildman–Crippen MR) is 87.5 cm³/mol. The Kier molecular flexibility index (Phi) is 4.12. The molecule has 0 aliphatic heterocycles. The Bertz CT molecular complexity index is 942. The number of rotatable bonds is 4. The SMILES string of the molecule is Cc1nc2ccccc2c(Nc2ccc(F)cc2F)c1CC(=O)O. The first kappa shape index (κ1) is 15.9. The van der Waals surface area contributed by atoms with Crippen LogP contribution >= 0.6 is 0 Å². The summed E-state index contributed by atoms with van der Waals surface area (Å²) in [5, 5.41) is 12.7. The maximum atomic E-state index is 14.0. The molecule has 122 valence electrons. The van der Waals surface area contributed by atoms with Crippen LogP contribution in [0, 0.1) is 18.6 Å². The number of fused-ring (bicyclic) bond motifs is 1. The molecule has 3 rings (SSSR count). The first-order valence-corrected chi connectivity index (χ1v) is 7.28. The first-order valence-electron chi connectivity index (χ1n) is 7.28. The number of benzene rings is 2. The number of nitrogens with one attached hydrogen (secondary N) is 1. The van der Waals surface area contributed by atoms with E-state index in [-0.39, 0.29) is 12.1 Å². The molecule has 0 aliphatic rings. The van der Waals surface area contributed by atoms with Gasteiger partial charge >= 0.3 is 5.97 Å². The first-order chi connectivity index (χ1) is 11.5. The van der Waals surface area contributed by atoms with Crippen molar-refractivity contribution in [1.82, 2.24) is 4.98 Å². The van der Waals surface area contributed by atoms with Gasteiger partial charge in [0.05, 0.1) is 23.3 Å². The van der Waals surface area contributed by atoms with E-state index in [2.05, 4.69) is 10.3 Å². The Morgan fingerprint density at radius 2 is 1.96 bits per heavy atom. The van der Waals surface area contributed by atoms with Gasteiger partial charge in [-0.2, -0.15) is 0 Å². The molecular formula is C18H14F2N2O2. The third-order valence-corrected chi connectivity index (χ3v) is 3.72. The molecular weight excluding hydrogens is 314 g/mol. The van der Waals surface area contributed by atoms with Crippen LogP contribution in [-0.4, -0.2) is 16.1 Å². The highest BCUT2D eigenvalue weighted by atomic mass is 19.1. The minimum Gasteiger partial charge on any atom is -0.481 e. The van der Waals surface area contributed by atoms with Crippen molar-refractivity contribution in [2.45, 2.75) is 13.3 Å². The van der Waals surface area contributed by atoms with Crippen LogP contribution in [0.1, 0.15) is 11.3 Å². The van der Waals surface area contributed by atoms with Crippen molar-refractivity contribution < 1.29 is 18.7 Å². The standard InChI is InChI=1S/C18H14F2N2O2/c1-10-13(9-17(23)24)18(12-4-2-3-5-15(12)21-10)22-16-7-6-11(19)8-14(16)20/h2-8H,9H2,1H3,(H,21,22)(H,23,24). The number of aryl methyl sites for hydroxylation is 1. The van der Waals surface area contributed by atoms with Crippen LogP contribution in [0.15, 0.2) is 42.5 Å².